The van der Waals surface area contributed by atoms with E-state index in [4.69, 9.17) is 44.5 Å². The van der Waals surface area contributed by atoms with Gasteiger partial charge in [-0.1, -0.05) is 77.3 Å². The van der Waals surface area contributed by atoms with Gasteiger partial charge in [0.25, 0.3) is 11.8 Å². The van der Waals surface area contributed by atoms with Crippen LogP contribution in [0.1, 0.15) is 58.6 Å². The quantitative estimate of drug-likeness (QED) is 0.133. The van der Waals surface area contributed by atoms with Crippen LogP contribution in [0.5, 0.6) is 0 Å². The minimum absolute atomic E-state index is 0.0618. The predicted octanol–water partition coefficient (Wildman–Crippen LogP) is 9.69. The molecule has 2 aliphatic rings. The lowest BCUT2D eigenvalue weighted by Gasteiger charge is -2.40. The van der Waals surface area contributed by atoms with E-state index in [2.05, 4.69) is 20.5 Å². The molecule has 4 aromatic carbocycles. The Morgan fingerprint density at radius 1 is 0.912 bits per heavy atom. The first-order chi connectivity index (χ1) is 27.6. The van der Waals surface area contributed by atoms with Crippen LogP contribution in [0.4, 0.5) is 16.2 Å². The fourth-order valence-electron chi connectivity index (χ4n) is 7.99. The number of ether oxygens (including phenoxy) is 1. The smallest absolute Gasteiger partial charge is 0.410 e. The Morgan fingerprint density at radius 2 is 1.67 bits per heavy atom. The van der Waals surface area contributed by atoms with E-state index in [0.29, 0.717) is 75.0 Å². The molecular weight excluding hydrogens is 785 g/mol. The third kappa shape index (κ3) is 7.55. The highest BCUT2D eigenvalue weighted by Gasteiger charge is 2.33. The van der Waals surface area contributed by atoms with Crippen LogP contribution < -0.4 is 15.5 Å². The van der Waals surface area contributed by atoms with Gasteiger partial charge in [-0.15, -0.1) is 0 Å². The molecule has 2 saturated heterocycles. The maximum atomic E-state index is 14.9. The van der Waals surface area contributed by atoms with Gasteiger partial charge in [-0.2, -0.15) is 0 Å². The Kier molecular flexibility index (Phi) is 10.9. The molecule has 2 fully saturated rings. The summed E-state index contributed by atoms with van der Waals surface area (Å²) in [6.07, 6.45) is 3.78. The molecule has 57 heavy (non-hydrogen) atoms. The van der Waals surface area contributed by atoms with Gasteiger partial charge in [-0.05, 0) is 74.2 Å². The van der Waals surface area contributed by atoms with E-state index >= 15 is 0 Å². The first-order valence-corrected chi connectivity index (χ1v) is 20.0. The van der Waals surface area contributed by atoms with Gasteiger partial charge in [0.1, 0.15) is 5.69 Å². The van der Waals surface area contributed by atoms with Crippen molar-refractivity contribution in [1.82, 2.24) is 24.8 Å². The van der Waals surface area contributed by atoms with Crippen molar-refractivity contribution in [2.75, 3.05) is 43.5 Å². The number of benzene rings is 4. The normalized spacial score (nSPS) is 15.4. The standard InChI is InChI=1S/C43H40Cl3N7O4/c1-25(31-12-10-28(44)22-33(31)46)53-24-48-38(26-7-4-3-5-8-26)40(53)37-32-13-11-29(45)23-34(32)49-39(37)42(55)50-35-21-27(41(54)47-2)9-14-36(35)51-18-15-30(16-19-51)52-17-6-20-57-43(52)56/h3-5,7-14,21-25,30,49H,6,15-20H2,1-2H3,(H,47,54)(H,50,55)/t25-/m0/s1. The molecule has 1 atom stereocenters. The lowest BCUT2D eigenvalue weighted by Crippen LogP contribution is -2.50. The monoisotopic (exact) mass is 823 g/mol. The molecule has 3 amide bonds. The van der Waals surface area contributed by atoms with Gasteiger partial charge in [0.15, 0.2) is 0 Å². The number of nitrogens with zero attached hydrogens (tertiary/aromatic N) is 4. The largest absolute Gasteiger partial charge is 0.449 e. The summed E-state index contributed by atoms with van der Waals surface area (Å²) in [7, 11) is 1.57. The van der Waals surface area contributed by atoms with E-state index < -0.39 is 5.91 Å². The Morgan fingerprint density at radius 3 is 2.40 bits per heavy atom. The fourth-order valence-corrected chi connectivity index (χ4v) is 8.73. The molecule has 2 aromatic heterocycles. The average molecular weight is 825 g/mol. The number of hydrogen-bond acceptors (Lipinski definition) is 6. The van der Waals surface area contributed by atoms with E-state index in [0.717, 1.165) is 41.5 Å². The van der Waals surface area contributed by atoms with E-state index in [-0.39, 0.29) is 29.8 Å². The number of amides is 3. The molecule has 0 bridgehead atoms. The number of imidazole rings is 1. The number of nitrogens with one attached hydrogen (secondary N) is 3. The molecule has 292 valence electrons. The van der Waals surface area contributed by atoms with Crippen molar-refractivity contribution < 1.29 is 19.1 Å². The van der Waals surface area contributed by atoms with Crippen molar-refractivity contribution in [3.8, 4) is 22.5 Å². The van der Waals surface area contributed by atoms with Gasteiger partial charge in [-0.3, -0.25) is 9.59 Å². The van der Waals surface area contributed by atoms with Crippen molar-refractivity contribution in [1.29, 1.82) is 0 Å². The highest BCUT2D eigenvalue weighted by atomic mass is 35.5. The van der Waals surface area contributed by atoms with Crippen molar-refractivity contribution in [2.45, 2.75) is 38.3 Å². The number of aromatic amines is 1. The van der Waals surface area contributed by atoms with Crippen molar-refractivity contribution in [2.24, 2.45) is 0 Å². The first kappa shape index (κ1) is 38.4. The molecule has 8 rings (SSSR count). The highest BCUT2D eigenvalue weighted by molar-refractivity contribution is 6.35. The number of H-pyrrole nitrogens is 1. The zero-order valence-corrected chi connectivity index (χ0v) is 33.6. The Hall–Kier alpha value is -5.49. The second-order valence-corrected chi connectivity index (χ2v) is 15.5. The van der Waals surface area contributed by atoms with Gasteiger partial charge < -0.3 is 34.7 Å². The van der Waals surface area contributed by atoms with Gasteiger partial charge >= 0.3 is 6.09 Å². The van der Waals surface area contributed by atoms with Gasteiger partial charge in [-0.25, -0.2) is 9.78 Å². The van der Waals surface area contributed by atoms with E-state index in [1.54, 1.807) is 49.8 Å². The topological polar surface area (TPSA) is 125 Å². The van der Waals surface area contributed by atoms with Gasteiger partial charge in [0, 0.05) is 75.4 Å². The summed E-state index contributed by atoms with van der Waals surface area (Å²) in [5.41, 5.74) is 6.21. The molecule has 0 spiro atoms. The van der Waals surface area contributed by atoms with Crippen LogP contribution in [0.25, 0.3) is 33.4 Å². The van der Waals surface area contributed by atoms with Crippen LogP contribution in [0.2, 0.25) is 15.1 Å². The minimum atomic E-state index is -0.428. The third-order valence-electron chi connectivity index (χ3n) is 10.9. The zero-order chi connectivity index (χ0) is 39.8. The van der Waals surface area contributed by atoms with Crippen LogP contribution in [-0.2, 0) is 4.74 Å². The fraction of sp³-hybridized carbons (Fsp3) is 0.256. The molecule has 0 unspecified atom stereocenters. The molecular formula is C43H40Cl3N7O4. The average Bonchev–Trinajstić information content (AvgIpc) is 3.82. The Balaban J connectivity index is 1.23. The molecule has 14 heteroatoms. The first-order valence-electron chi connectivity index (χ1n) is 18.9. The summed E-state index contributed by atoms with van der Waals surface area (Å²) in [5, 5.41) is 8.16. The number of fused-ring (bicyclic) bond motifs is 1. The van der Waals surface area contributed by atoms with Crippen LogP contribution in [0.15, 0.2) is 91.3 Å². The summed E-state index contributed by atoms with van der Waals surface area (Å²) >= 11 is 19.6. The number of hydrogen-bond donors (Lipinski definition) is 3. The number of carbonyl (C=O) groups excluding carboxylic acids is 3. The zero-order valence-electron chi connectivity index (χ0n) is 31.3. The van der Waals surface area contributed by atoms with E-state index in [1.165, 1.54) is 0 Å². The number of carbonyl (C=O) groups is 3. The number of cyclic esters (lactones) is 1. The van der Waals surface area contributed by atoms with Crippen molar-refractivity contribution >= 4 is 75.0 Å². The van der Waals surface area contributed by atoms with Crippen LogP contribution in [0.3, 0.4) is 0 Å². The maximum absolute atomic E-state index is 14.9. The second kappa shape index (κ2) is 16.2. The lowest BCUT2D eigenvalue weighted by atomic mass is 9.99. The third-order valence-corrected chi connectivity index (χ3v) is 11.7. The molecule has 0 radical (unpaired) electrons. The lowest BCUT2D eigenvalue weighted by molar-refractivity contribution is 0.0499. The molecule has 6 aromatic rings. The summed E-state index contributed by atoms with van der Waals surface area (Å²) in [6, 6.07) is 25.7. The van der Waals surface area contributed by atoms with Crippen molar-refractivity contribution in [3.63, 3.8) is 0 Å². The summed E-state index contributed by atoms with van der Waals surface area (Å²) in [6.45, 7) is 4.43. The van der Waals surface area contributed by atoms with E-state index in [9.17, 15) is 14.4 Å². The van der Waals surface area contributed by atoms with Crippen molar-refractivity contribution in [3.05, 3.63) is 123 Å². The van der Waals surface area contributed by atoms with Gasteiger partial charge in [0.05, 0.1) is 41.7 Å². The number of aromatic nitrogens is 3. The summed E-state index contributed by atoms with van der Waals surface area (Å²) in [5.74, 6) is -0.714. The number of piperidine rings is 1. The Bertz CT molecular complexity index is 2490. The molecule has 3 N–H and O–H groups in total. The van der Waals surface area contributed by atoms with Crippen LogP contribution in [0, 0.1) is 0 Å². The number of anilines is 2. The second-order valence-electron chi connectivity index (χ2n) is 14.3. The minimum Gasteiger partial charge on any atom is -0.449 e. The molecule has 2 aliphatic heterocycles. The molecule has 0 aliphatic carbocycles. The highest BCUT2D eigenvalue weighted by Crippen LogP contribution is 2.43. The molecule has 11 nitrogen and oxygen atoms in total. The van der Waals surface area contributed by atoms with E-state index in [1.807, 2.05) is 64.9 Å². The number of halogens is 3. The molecule has 4 heterocycles. The van der Waals surface area contributed by atoms with Crippen LogP contribution in [-0.4, -0.2) is 76.7 Å². The van der Waals surface area contributed by atoms with Crippen LogP contribution >= 0.6 is 34.8 Å². The Labute approximate surface area is 344 Å². The summed E-state index contributed by atoms with van der Waals surface area (Å²) < 4.78 is 7.34. The van der Waals surface area contributed by atoms with Gasteiger partial charge in [0.2, 0.25) is 0 Å². The predicted molar refractivity (Wildman–Crippen MR) is 226 cm³/mol. The summed E-state index contributed by atoms with van der Waals surface area (Å²) in [4.78, 5) is 52.7. The SMILES string of the molecule is CNC(=O)c1ccc(N2CCC(N3CCCOC3=O)CC2)c(NC(=O)c2[nH]c3cc(Cl)ccc3c2-c2c(-c3ccccc3)ncn2[C@@H](C)c2ccc(Cl)cc2Cl)c1. The molecule has 0 saturated carbocycles. The number of rotatable bonds is 9. The maximum Gasteiger partial charge on any atom is 0.410 e.